The van der Waals surface area contributed by atoms with Crippen LogP contribution in [-0.2, 0) is 14.4 Å². The van der Waals surface area contributed by atoms with Crippen LogP contribution < -0.4 is 0 Å². The summed E-state index contributed by atoms with van der Waals surface area (Å²) in [6, 6.07) is 0. The summed E-state index contributed by atoms with van der Waals surface area (Å²) in [5.41, 5.74) is 0.350. The van der Waals surface area contributed by atoms with Gasteiger partial charge >= 0.3 is 0 Å². The summed E-state index contributed by atoms with van der Waals surface area (Å²) in [5.74, 6) is -0.798. The highest BCUT2D eigenvalue weighted by Gasteiger charge is 2.16. The maximum atomic E-state index is 11.2. The lowest BCUT2D eigenvalue weighted by molar-refractivity contribution is -0.125. The number of allylic oxidation sites excluding steroid dienone is 4. The summed E-state index contributed by atoms with van der Waals surface area (Å²) in [5, 5.41) is 9.22. The number of hydrogen-bond donors (Lipinski definition) is 1. The SMILES string of the molecule is CC.CC(=O)C(O)CCC1=CC(=O)C=CC1=O. The molecule has 4 heteroatoms. The first-order valence-electron chi connectivity index (χ1n) is 5.66. The van der Waals surface area contributed by atoms with Crippen LogP contribution in [-0.4, -0.2) is 28.6 Å². The first kappa shape index (κ1) is 15.5. The van der Waals surface area contributed by atoms with Crippen molar-refractivity contribution in [2.75, 3.05) is 0 Å². The third-order valence-electron chi connectivity index (χ3n) is 2.19. The first-order valence-corrected chi connectivity index (χ1v) is 5.66. The Morgan fingerprint density at radius 3 is 2.41 bits per heavy atom. The van der Waals surface area contributed by atoms with Crippen LogP contribution in [0.1, 0.15) is 33.6 Å². The molecular formula is C13H18O4. The van der Waals surface area contributed by atoms with Gasteiger partial charge in [0, 0.05) is 5.57 Å². The van der Waals surface area contributed by atoms with E-state index in [4.69, 9.17) is 0 Å². The molecule has 0 saturated heterocycles. The number of aliphatic hydroxyl groups excluding tert-OH is 1. The number of hydrogen-bond acceptors (Lipinski definition) is 4. The summed E-state index contributed by atoms with van der Waals surface area (Å²) < 4.78 is 0. The molecule has 0 spiro atoms. The molecule has 0 fully saturated rings. The fourth-order valence-electron chi connectivity index (χ4n) is 1.25. The van der Waals surface area contributed by atoms with Crippen LogP contribution in [0.25, 0.3) is 0 Å². The summed E-state index contributed by atoms with van der Waals surface area (Å²) in [6.07, 6.45) is 3.02. The predicted octanol–water partition coefficient (Wildman–Crippen LogP) is 1.38. The number of carbonyl (C=O) groups is 3. The summed E-state index contributed by atoms with van der Waals surface area (Å²) in [7, 11) is 0. The van der Waals surface area contributed by atoms with Gasteiger partial charge in [-0.1, -0.05) is 13.8 Å². The van der Waals surface area contributed by atoms with Crippen molar-refractivity contribution in [3.05, 3.63) is 23.8 Å². The highest BCUT2D eigenvalue weighted by atomic mass is 16.3. The minimum absolute atomic E-state index is 0.175. The average molecular weight is 238 g/mol. The molecule has 1 aliphatic rings. The zero-order valence-electron chi connectivity index (χ0n) is 10.4. The van der Waals surface area contributed by atoms with Gasteiger partial charge in [0.25, 0.3) is 0 Å². The predicted molar refractivity (Wildman–Crippen MR) is 64.5 cm³/mol. The van der Waals surface area contributed by atoms with E-state index in [2.05, 4.69) is 0 Å². The summed E-state index contributed by atoms with van der Waals surface area (Å²) in [4.78, 5) is 32.9. The third-order valence-corrected chi connectivity index (χ3v) is 2.19. The van der Waals surface area contributed by atoms with E-state index in [1.165, 1.54) is 25.2 Å². The van der Waals surface area contributed by atoms with E-state index in [1.807, 2.05) is 13.8 Å². The molecule has 1 rings (SSSR count). The van der Waals surface area contributed by atoms with Gasteiger partial charge in [0.2, 0.25) is 0 Å². The molecule has 1 unspecified atom stereocenters. The molecule has 1 atom stereocenters. The molecule has 1 aliphatic carbocycles. The topological polar surface area (TPSA) is 71.4 Å². The van der Waals surface area contributed by atoms with Crippen LogP contribution in [0.5, 0.6) is 0 Å². The Hall–Kier alpha value is -1.55. The van der Waals surface area contributed by atoms with Crippen LogP contribution in [0.15, 0.2) is 23.8 Å². The molecule has 4 nitrogen and oxygen atoms in total. The second kappa shape index (κ2) is 7.68. The smallest absolute Gasteiger partial charge is 0.182 e. The van der Waals surface area contributed by atoms with Crippen LogP contribution in [0.2, 0.25) is 0 Å². The number of Topliss-reactive ketones (excluding diaryl/α,β-unsaturated/α-hetero) is 1. The van der Waals surface area contributed by atoms with E-state index < -0.39 is 6.10 Å². The van der Waals surface area contributed by atoms with E-state index in [0.29, 0.717) is 5.57 Å². The van der Waals surface area contributed by atoms with Gasteiger partial charge in [-0.3, -0.25) is 14.4 Å². The zero-order valence-corrected chi connectivity index (χ0v) is 10.4. The van der Waals surface area contributed by atoms with Crippen LogP contribution in [0.3, 0.4) is 0 Å². The Bertz CT molecular complexity index is 364. The van der Waals surface area contributed by atoms with Crippen molar-refractivity contribution in [1.82, 2.24) is 0 Å². The van der Waals surface area contributed by atoms with Gasteiger partial charge in [-0.05, 0) is 38.0 Å². The van der Waals surface area contributed by atoms with Gasteiger partial charge < -0.3 is 5.11 Å². The Labute approximate surface area is 101 Å². The van der Waals surface area contributed by atoms with Gasteiger partial charge in [0.15, 0.2) is 17.3 Å². The van der Waals surface area contributed by atoms with Crippen molar-refractivity contribution in [3.8, 4) is 0 Å². The van der Waals surface area contributed by atoms with E-state index >= 15 is 0 Å². The summed E-state index contributed by atoms with van der Waals surface area (Å²) >= 11 is 0. The number of ketones is 3. The fraction of sp³-hybridized carbons (Fsp3) is 0.462. The largest absolute Gasteiger partial charge is 0.385 e. The van der Waals surface area contributed by atoms with Crippen LogP contribution >= 0.6 is 0 Å². The quantitative estimate of drug-likeness (QED) is 0.751. The van der Waals surface area contributed by atoms with Crippen molar-refractivity contribution in [1.29, 1.82) is 0 Å². The molecule has 17 heavy (non-hydrogen) atoms. The number of rotatable bonds is 4. The minimum atomic E-state index is -1.06. The molecule has 0 heterocycles. The van der Waals surface area contributed by atoms with Crippen molar-refractivity contribution in [2.24, 2.45) is 0 Å². The van der Waals surface area contributed by atoms with E-state index in [-0.39, 0.29) is 30.2 Å². The van der Waals surface area contributed by atoms with E-state index in [9.17, 15) is 19.5 Å². The van der Waals surface area contributed by atoms with Gasteiger partial charge in [0.05, 0.1) is 0 Å². The van der Waals surface area contributed by atoms with Crippen LogP contribution in [0, 0.1) is 0 Å². The highest BCUT2D eigenvalue weighted by Crippen LogP contribution is 2.13. The monoisotopic (exact) mass is 238 g/mol. The first-order chi connectivity index (χ1) is 8.00. The Balaban J connectivity index is 0.00000121. The summed E-state index contributed by atoms with van der Waals surface area (Å²) in [6.45, 7) is 5.28. The van der Waals surface area contributed by atoms with Crippen molar-refractivity contribution < 1.29 is 19.5 Å². The molecule has 94 valence electrons. The highest BCUT2D eigenvalue weighted by molar-refractivity contribution is 6.17. The molecule has 1 N–H and O–H groups in total. The van der Waals surface area contributed by atoms with Crippen molar-refractivity contribution in [2.45, 2.75) is 39.7 Å². The molecule has 0 saturated carbocycles. The van der Waals surface area contributed by atoms with E-state index in [1.54, 1.807) is 0 Å². The Morgan fingerprint density at radius 1 is 1.29 bits per heavy atom. The van der Waals surface area contributed by atoms with Gasteiger partial charge in [0.1, 0.15) is 6.10 Å². The molecule has 0 aromatic heterocycles. The van der Waals surface area contributed by atoms with Crippen molar-refractivity contribution >= 4 is 17.3 Å². The molecule has 0 aromatic rings. The Kier molecular flexibility index (Phi) is 6.98. The standard InChI is InChI=1S/C11H12O4.C2H6/c1-7(12)10(14)4-2-8-6-9(13)3-5-11(8)15;1-2/h3,5-6,10,14H,2,4H2,1H3;1-2H3. The van der Waals surface area contributed by atoms with Gasteiger partial charge in [-0.15, -0.1) is 0 Å². The minimum Gasteiger partial charge on any atom is -0.385 e. The maximum Gasteiger partial charge on any atom is 0.182 e. The molecule has 0 aromatic carbocycles. The second-order valence-corrected chi connectivity index (χ2v) is 3.43. The lowest BCUT2D eigenvalue weighted by Gasteiger charge is -2.09. The van der Waals surface area contributed by atoms with Crippen molar-refractivity contribution in [3.63, 3.8) is 0 Å². The third kappa shape index (κ3) is 5.36. The average Bonchev–Trinajstić information content (AvgIpc) is 2.32. The lowest BCUT2D eigenvalue weighted by Crippen LogP contribution is -2.18. The molecule has 0 radical (unpaired) electrons. The Morgan fingerprint density at radius 2 is 1.88 bits per heavy atom. The lowest BCUT2D eigenvalue weighted by atomic mass is 9.97. The van der Waals surface area contributed by atoms with Gasteiger partial charge in [-0.25, -0.2) is 0 Å². The van der Waals surface area contributed by atoms with Gasteiger partial charge in [-0.2, -0.15) is 0 Å². The van der Waals surface area contributed by atoms with E-state index in [0.717, 1.165) is 0 Å². The molecule has 0 amide bonds. The second-order valence-electron chi connectivity index (χ2n) is 3.43. The molecule has 0 bridgehead atoms. The number of carbonyl (C=O) groups excluding carboxylic acids is 3. The molecular weight excluding hydrogens is 220 g/mol. The molecule has 0 aliphatic heterocycles. The van der Waals surface area contributed by atoms with Crippen LogP contribution in [0.4, 0.5) is 0 Å². The zero-order chi connectivity index (χ0) is 13.4. The maximum absolute atomic E-state index is 11.2. The fourth-order valence-corrected chi connectivity index (χ4v) is 1.25. The number of aliphatic hydroxyl groups is 1. The normalized spacial score (nSPS) is 15.9.